The molecule has 0 radical (unpaired) electrons. The lowest BCUT2D eigenvalue weighted by Crippen LogP contribution is -2.40. The Morgan fingerprint density at radius 3 is 2.10 bits per heavy atom. The fourth-order valence-corrected chi connectivity index (χ4v) is 2.83. The summed E-state index contributed by atoms with van der Waals surface area (Å²) in [6, 6.07) is 17.6. The first-order valence-electron chi connectivity index (χ1n) is 7.15. The molecular formula is C17H19FN2. The fraction of sp³-hybridized carbons (Fsp3) is 0.294. The lowest BCUT2D eigenvalue weighted by atomic mass is 10.0. The molecule has 0 spiro atoms. The summed E-state index contributed by atoms with van der Waals surface area (Å²) < 4.78 is 13.2. The van der Waals surface area contributed by atoms with Crippen molar-refractivity contribution in [3.63, 3.8) is 0 Å². The Bertz CT molecular complexity index is 533. The molecule has 1 fully saturated rings. The average Bonchev–Trinajstić information content (AvgIpc) is 2.52. The van der Waals surface area contributed by atoms with Crippen molar-refractivity contribution >= 4 is 11.4 Å². The van der Waals surface area contributed by atoms with Crippen LogP contribution in [-0.2, 0) is 0 Å². The van der Waals surface area contributed by atoms with E-state index in [1.165, 1.54) is 17.8 Å². The van der Waals surface area contributed by atoms with Crippen LogP contribution in [0.2, 0.25) is 0 Å². The van der Waals surface area contributed by atoms with E-state index in [1.807, 2.05) is 30.3 Å². The van der Waals surface area contributed by atoms with E-state index in [4.69, 9.17) is 0 Å². The van der Waals surface area contributed by atoms with E-state index >= 15 is 0 Å². The first kappa shape index (κ1) is 13.1. The molecule has 1 N–H and O–H groups in total. The summed E-state index contributed by atoms with van der Waals surface area (Å²) in [6.07, 6.45) is 2.21. The van der Waals surface area contributed by atoms with Crippen LogP contribution in [-0.4, -0.2) is 19.1 Å². The van der Waals surface area contributed by atoms with Crippen LogP contribution >= 0.6 is 0 Å². The molecule has 0 amide bonds. The topological polar surface area (TPSA) is 15.3 Å². The van der Waals surface area contributed by atoms with Crippen molar-refractivity contribution in [1.29, 1.82) is 0 Å². The highest BCUT2D eigenvalue weighted by atomic mass is 19.1. The molecule has 20 heavy (non-hydrogen) atoms. The van der Waals surface area contributed by atoms with Gasteiger partial charge < -0.3 is 10.2 Å². The molecular weight excluding hydrogens is 251 g/mol. The fourth-order valence-electron chi connectivity index (χ4n) is 2.83. The monoisotopic (exact) mass is 270 g/mol. The zero-order valence-corrected chi connectivity index (χ0v) is 11.4. The van der Waals surface area contributed by atoms with Gasteiger partial charge in [0.15, 0.2) is 0 Å². The lowest BCUT2D eigenvalue weighted by Gasteiger charge is -2.36. The van der Waals surface area contributed by atoms with Crippen molar-refractivity contribution < 1.29 is 4.39 Å². The zero-order valence-electron chi connectivity index (χ0n) is 11.4. The van der Waals surface area contributed by atoms with E-state index in [2.05, 4.69) is 22.3 Å². The van der Waals surface area contributed by atoms with E-state index in [1.54, 1.807) is 0 Å². The predicted molar refractivity (Wildman–Crippen MR) is 80.9 cm³/mol. The maximum absolute atomic E-state index is 13.2. The van der Waals surface area contributed by atoms with E-state index in [0.29, 0.717) is 6.04 Å². The van der Waals surface area contributed by atoms with Gasteiger partial charge in [0, 0.05) is 17.4 Å². The molecule has 0 bridgehead atoms. The van der Waals surface area contributed by atoms with E-state index < -0.39 is 0 Å². The molecule has 0 saturated carbocycles. The molecule has 3 rings (SSSR count). The summed E-state index contributed by atoms with van der Waals surface area (Å²) in [4.78, 5) is 2.33. The minimum absolute atomic E-state index is 0.188. The molecule has 0 atom stereocenters. The number of anilines is 2. The highest BCUT2D eigenvalue weighted by Gasteiger charge is 2.22. The van der Waals surface area contributed by atoms with Gasteiger partial charge in [-0.2, -0.15) is 0 Å². The second-order valence-electron chi connectivity index (χ2n) is 5.16. The van der Waals surface area contributed by atoms with E-state index in [9.17, 15) is 4.39 Å². The molecule has 3 heteroatoms. The van der Waals surface area contributed by atoms with Gasteiger partial charge in [-0.3, -0.25) is 0 Å². The maximum atomic E-state index is 13.2. The summed E-state index contributed by atoms with van der Waals surface area (Å²) in [5, 5.41) is 3.39. The Labute approximate surface area is 119 Å². The molecule has 2 aromatic rings. The number of piperidine rings is 1. The first-order valence-corrected chi connectivity index (χ1v) is 7.15. The van der Waals surface area contributed by atoms with Crippen molar-refractivity contribution in [2.75, 3.05) is 18.0 Å². The van der Waals surface area contributed by atoms with Crippen molar-refractivity contribution in [3.8, 4) is 0 Å². The minimum atomic E-state index is -0.188. The third kappa shape index (κ3) is 2.83. The van der Waals surface area contributed by atoms with Crippen LogP contribution in [0.15, 0.2) is 54.6 Å². The Hall–Kier alpha value is -1.87. The number of benzene rings is 2. The Balaban J connectivity index is 1.96. The van der Waals surface area contributed by atoms with Crippen LogP contribution in [0.4, 0.5) is 15.8 Å². The van der Waals surface area contributed by atoms with Crippen molar-refractivity contribution in [2.45, 2.75) is 18.9 Å². The van der Waals surface area contributed by atoms with Gasteiger partial charge in [0.1, 0.15) is 5.82 Å². The van der Waals surface area contributed by atoms with Crippen LogP contribution in [0.1, 0.15) is 12.8 Å². The van der Waals surface area contributed by atoms with Crippen LogP contribution in [0.5, 0.6) is 0 Å². The quantitative estimate of drug-likeness (QED) is 0.914. The second kappa shape index (κ2) is 6.06. The Morgan fingerprint density at radius 1 is 0.850 bits per heavy atom. The molecule has 0 aliphatic carbocycles. The van der Waals surface area contributed by atoms with Crippen LogP contribution in [0, 0.1) is 5.82 Å². The minimum Gasteiger partial charge on any atom is -0.338 e. The summed E-state index contributed by atoms with van der Waals surface area (Å²) in [5.74, 6) is -0.188. The zero-order chi connectivity index (χ0) is 13.8. The number of rotatable bonds is 3. The Morgan fingerprint density at radius 2 is 1.45 bits per heavy atom. The number of halogens is 1. The van der Waals surface area contributed by atoms with Crippen LogP contribution < -0.4 is 10.2 Å². The first-order chi connectivity index (χ1) is 9.84. The summed E-state index contributed by atoms with van der Waals surface area (Å²) in [7, 11) is 0. The molecule has 0 unspecified atom stereocenters. The van der Waals surface area contributed by atoms with Gasteiger partial charge in [-0.25, -0.2) is 4.39 Å². The molecule has 1 heterocycles. The lowest BCUT2D eigenvalue weighted by molar-refractivity contribution is 0.452. The highest BCUT2D eigenvalue weighted by Crippen LogP contribution is 2.30. The molecule has 104 valence electrons. The molecule has 1 saturated heterocycles. The van der Waals surface area contributed by atoms with E-state index in [-0.39, 0.29) is 5.82 Å². The molecule has 2 nitrogen and oxygen atoms in total. The van der Waals surface area contributed by atoms with Crippen LogP contribution in [0.25, 0.3) is 0 Å². The third-order valence-electron chi connectivity index (χ3n) is 3.81. The number of hydrogen-bond donors (Lipinski definition) is 1. The van der Waals surface area contributed by atoms with Gasteiger partial charge in [0.25, 0.3) is 0 Å². The largest absolute Gasteiger partial charge is 0.338 e. The predicted octanol–water partition coefficient (Wildman–Crippen LogP) is 3.72. The second-order valence-corrected chi connectivity index (χ2v) is 5.16. The highest BCUT2D eigenvalue weighted by molar-refractivity contribution is 5.64. The average molecular weight is 270 g/mol. The van der Waals surface area contributed by atoms with Gasteiger partial charge in [-0.15, -0.1) is 0 Å². The van der Waals surface area contributed by atoms with Crippen molar-refractivity contribution in [3.05, 3.63) is 60.4 Å². The molecule has 2 aromatic carbocycles. The van der Waals surface area contributed by atoms with Crippen LogP contribution in [0.3, 0.4) is 0 Å². The van der Waals surface area contributed by atoms with Crippen molar-refractivity contribution in [1.82, 2.24) is 5.32 Å². The van der Waals surface area contributed by atoms with Gasteiger partial charge in [-0.1, -0.05) is 18.2 Å². The SMILES string of the molecule is Fc1ccc(N(c2ccccc2)C2CCNCC2)cc1. The van der Waals surface area contributed by atoms with Gasteiger partial charge in [0.05, 0.1) is 0 Å². The summed E-state index contributed by atoms with van der Waals surface area (Å²) in [5.41, 5.74) is 2.23. The summed E-state index contributed by atoms with van der Waals surface area (Å²) in [6.45, 7) is 2.07. The molecule has 1 aliphatic rings. The molecule has 0 aromatic heterocycles. The third-order valence-corrected chi connectivity index (χ3v) is 3.81. The number of para-hydroxylation sites is 1. The van der Waals surface area contributed by atoms with Gasteiger partial charge in [0.2, 0.25) is 0 Å². The van der Waals surface area contributed by atoms with Gasteiger partial charge in [-0.05, 0) is 62.3 Å². The van der Waals surface area contributed by atoms with E-state index in [0.717, 1.165) is 31.6 Å². The molecule has 1 aliphatic heterocycles. The smallest absolute Gasteiger partial charge is 0.123 e. The van der Waals surface area contributed by atoms with Crippen molar-refractivity contribution in [2.24, 2.45) is 0 Å². The number of nitrogens with one attached hydrogen (secondary N) is 1. The number of hydrogen-bond acceptors (Lipinski definition) is 2. The maximum Gasteiger partial charge on any atom is 0.123 e. The summed E-state index contributed by atoms with van der Waals surface area (Å²) >= 11 is 0. The normalized spacial score (nSPS) is 16.1. The standard InChI is InChI=1S/C17H19FN2/c18-14-6-8-16(9-7-14)20(15-4-2-1-3-5-15)17-10-12-19-13-11-17/h1-9,17,19H,10-13H2. The Kier molecular flexibility index (Phi) is 3.97. The van der Waals surface area contributed by atoms with Gasteiger partial charge >= 0.3 is 0 Å². The number of nitrogens with zero attached hydrogens (tertiary/aromatic N) is 1.